The van der Waals surface area contributed by atoms with Gasteiger partial charge in [0.05, 0.1) is 16.6 Å². The van der Waals surface area contributed by atoms with Gasteiger partial charge < -0.3 is 4.57 Å². The number of benzene rings is 10. The Balaban J connectivity index is 1.11. The van der Waals surface area contributed by atoms with E-state index in [1.807, 2.05) is 6.07 Å². The summed E-state index contributed by atoms with van der Waals surface area (Å²) in [5.74, 6) is 0. The van der Waals surface area contributed by atoms with E-state index in [-0.39, 0.29) is 5.41 Å². The van der Waals surface area contributed by atoms with E-state index < -0.39 is 0 Å². The number of para-hydroxylation sites is 1. The molecule has 3 nitrogen and oxygen atoms in total. The highest BCUT2D eigenvalue weighted by Gasteiger charge is 2.37. The van der Waals surface area contributed by atoms with Gasteiger partial charge in [0.15, 0.2) is 0 Å². The molecule has 0 saturated carbocycles. The molecule has 0 N–H and O–H groups in total. The predicted molar refractivity (Wildman–Crippen MR) is 252 cm³/mol. The van der Waals surface area contributed by atoms with Gasteiger partial charge in [-0.15, -0.1) is 10.2 Å². The molecular formula is C57H37N3. The van der Waals surface area contributed by atoms with Crippen LogP contribution in [0.3, 0.4) is 0 Å². The molecule has 0 spiro atoms. The summed E-state index contributed by atoms with van der Waals surface area (Å²) in [4.78, 5) is 0. The molecule has 0 saturated heterocycles. The Kier molecular flexibility index (Phi) is 6.78. The normalized spacial score (nSPS) is 13.3. The molecular weight excluding hydrogens is 727 g/mol. The smallest absolute Gasteiger partial charge is 0.120 e. The van der Waals surface area contributed by atoms with Gasteiger partial charge in [-0.2, -0.15) is 0 Å². The van der Waals surface area contributed by atoms with Gasteiger partial charge in [0.2, 0.25) is 0 Å². The molecule has 1 aliphatic carbocycles. The summed E-state index contributed by atoms with van der Waals surface area (Å²) in [6.07, 6.45) is 0. The quantitative estimate of drug-likeness (QED) is 0.168. The van der Waals surface area contributed by atoms with Crippen molar-refractivity contribution in [2.24, 2.45) is 0 Å². The van der Waals surface area contributed by atoms with Crippen LogP contribution in [-0.2, 0) is 5.41 Å². The highest BCUT2D eigenvalue weighted by molar-refractivity contribution is 6.23. The van der Waals surface area contributed by atoms with Crippen molar-refractivity contribution in [3.8, 4) is 39.1 Å². The number of hydrogen-bond acceptors (Lipinski definition) is 2. The molecule has 12 aromatic rings. The number of nitrogens with zero attached hydrogens (tertiary/aromatic N) is 3. The maximum atomic E-state index is 4.80. The lowest BCUT2D eigenvalue weighted by Gasteiger charge is -2.24. The molecule has 2 aromatic heterocycles. The van der Waals surface area contributed by atoms with Gasteiger partial charge >= 0.3 is 0 Å². The zero-order valence-corrected chi connectivity index (χ0v) is 33.2. The van der Waals surface area contributed by atoms with Gasteiger partial charge in [0, 0.05) is 21.9 Å². The maximum Gasteiger partial charge on any atom is 0.120 e. The Labute approximate surface area is 346 Å². The van der Waals surface area contributed by atoms with Crippen molar-refractivity contribution in [1.82, 2.24) is 14.8 Å². The Morgan fingerprint density at radius 1 is 0.400 bits per heavy atom. The first-order valence-electron chi connectivity index (χ1n) is 20.8. The molecule has 0 fully saturated rings. The van der Waals surface area contributed by atoms with E-state index in [1.54, 1.807) is 0 Å². The lowest BCUT2D eigenvalue weighted by Crippen LogP contribution is -2.15. The summed E-state index contributed by atoms with van der Waals surface area (Å²) in [5.41, 5.74) is 15.2. The minimum atomic E-state index is -0.273. The molecule has 60 heavy (non-hydrogen) atoms. The third-order valence-corrected chi connectivity index (χ3v) is 13.4. The second-order valence-electron chi connectivity index (χ2n) is 17.0. The van der Waals surface area contributed by atoms with Gasteiger partial charge in [0.1, 0.15) is 5.52 Å². The molecule has 280 valence electrons. The monoisotopic (exact) mass is 763 g/mol. The average molecular weight is 764 g/mol. The van der Waals surface area contributed by atoms with Gasteiger partial charge in [-0.3, -0.25) is 0 Å². The first kappa shape index (κ1) is 33.4. The fourth-order valence-electron chi connectivity index (χ4n) is 10.5. The lowest BCUT2D eigenvalue weighted by molar-refractivity contribution is 0.661. The summed E-state index contributed by atoms with van der Waals surface area (Å²) in [6.45, 7) is 4.81. The molecule has 0 radical (unpaired) electrons. The fraction of sp³-hybridized carbons (Fsp3) is 0.0526. The number of hydrogen-bond donors (Lipinski definition) is 0. The van der Waals surface area contributed by atoms with Crippen molar-refractivity contribution in [2.75, 3.05) is 0 Å². The van der Waals surface area contributed by atoms with Crippen LogP contribution in [0.2, 0.25) is 0 Å². The molecule has 0 bridgehead atoms. The van der Waals surface area contributed by atoms with Crippen LogP contribution in [0.4, 0.5) is 0 Å². The summed E-state index contributed by atoms with van der Waals surface area (Å²) in [6, 6.07) is 69.5. The number of aromatic nitrogens is 3. The van der Waals surface area contributed by atoms with E-state index in [9.17, 15) is 0 Å². The lowest BCUT2D eigenvalue weighted by atomic mass is 9.79. The van der Waals surface area contributed by atoms with Crippen molar-refractivity contribution >= 4 is 75.9 Å². The van der Waals surface area contributed by atoms with Gasteiger partial charge in [-0.05, 0) is 136 Å². The zero-order valence-electron chi connectivity index (χ0n) is 33.2. The molecule has 3 heteroatoms. The van der Waals surface area contributed by atoms with Crippen LogP contribution in [0.1, 0.15) is 25.0 Å². The molecule has 10 aromatic carbocycles. The molecule has 0 amide bonds. The van der Waals surface area contributed by atoms with Crippen LogP contribution in [0.15, 0.2) is 188 Å². The van der Waals surface area contributed by atoms with Crippen LogP contribution in [-0.4, -0.2) is 14.8 Å². The van der Waals surface area contributed by atoms with Crippen molar-refractivity contribution in [1.29, 1.82) is 0 Å². The summed E-state index contributed by atoms with van der Waals surface area (Å²) >= 11 is 0. The first-order chi connectivity index (χ1) is 29.5. The molecule has 1 aliphatic rings. The minimum Gasteiger partial charge on any atom is -0.307 e. The largest absolute Gasteiger partial charge is 0.307 e. The minimum absolute atomic E-state index is 0.273. The molecule has 0 atom stereocenters. The van der Waals surface area contributed by atoms with Crippen molar-refractivity contribution in [2.45, 2.75) is 19.3 Å². The second kappa shape index (κ2) is 12.2. The van der Waals surface area contributed by atoms with Gasteiger partial charge in [-0.25, -0.2) is 0 Å². The topological polar surface area (TPSA) is 30.7 Å². The van der Waals surface area contributed by atoms with Crippen LogP contribution in [0.5, 0.6) is 0 Å². The average Bonchev–Trinajstić information content (AvgIpc) is 3.75. The highest BCUT2D eigenvalue weighted by atomic mass is 15.1. The first-order valence-corrected chi connectivity index (χ1v) is 20.8. The molecule has 2 heterocycles. The van der Waals surface area contributed by atoms with Crippen molar-refractivity contribution in [3.63, 3.8) is 0 Å². The third kappa shape index (κ3) is 4.60. The standard InChI is InChI=1S/C57H37N3/c1-57(2)49-31-40(60-52-22-12-10-20-45(52)55-56(60)44-19-9-11-21-51(44)58-59-55)27-28-41(49)46-32-47-48(33-50(46)57)54(39-26-24-35-14-4-6-16-37(35)30-39)43-18-8-7-17-42(43)53(47)38-25-23-34-13-3-5-15-36(34)29-38/h3-33H,1-2H3. The predicted octanol–water partition coefficient (Wildman–Crippen LogP) is 15.0. The van der Waals surface area contributed by atoms with Crippen LogP contribution in [0, 0.1) is 0 Å². The summed E-state index contributed by atoms with van der Waals surface area (Å²) in [5, 5.41) is 21.7. The number of rotatable bonds is 3. The third-order valence-electron chi connectivity index (χ3n) is 13.4. The number of fused-ring (bicyclic) bond motifs is 12. The molecule has 0 aliphatic heterocycles. The van der Waals surface area contributed by atoms with Crippen molar-refractivity contribution in [3.05, 3.63) is 199 Å². The van der Waals surface area contributed by atoms with E-state index in [0.717, 1.165) is 38.5 Å². The summed E-state index contributed by atoms with van der Waals surface area (Å²) < 4.78 is 2.40. The maximum absolute atomic E-state index is 4.80. The second-order valence-corrected chi connectivity index (χ2v) is 17.0. The highest BCUT2D eigenvalue weighted by Crippen LogP contribution is 2.54. The Hall–Kier alpha value is -7.62. The van der Waals surface area contributed by atoms with Gasteiger partial charge in [0.25, 0.3) is 0 Å². The summed E-state index contributed by atoms with van der Waals surface area (Å²) in [7, 11) is 0. The van der Waals surface area contributed by atoms with Crippen LogP contribution in [0.25, 0.3) is 115 Å². The van der Waals surface area contributed by atoms with Gasteiger partial charge in [-0.1, -0.05) is 153 Å². The SMILES string of the molecule is CC1(C)c2cc(-n3c4ccccc4c4nnc5ccccc5c43)ccc2-c2cc3c(-c4ccc5ccccc5c4)c4ccccc4c(-c4ccc5ccccc5c4)c3cc21. The van der Waals surface area contributed by atoms with Crippen LogP contribution >= 0.6 is 0 Å². The Morgan fingerprint density at radius 2 is 0.950 bits per heavy atom. The van der Waals surface area contributed by atoms with E-state index in [4.69, 9.17) is 5.10 Å². The Bertz CT molecular complexity index is 3810. The fourth-order valence-corrected chi connectivity index (χ4v) is 10.5. The molecule has 13 rings (SSSR count). The molecule has 0 unspecified atom stereocenters. The van der Waals surface area contributed by atoms with E-state index in [1.165, 1.54) is 87.6 Å². The van der Waals surface area contributed by atoms with E-state index in [2.05, 4.69) is 206 Å². The van der Waals surface area contributed by atoms with E-state index in [0.29, 0.717) is 0 Å². The zero-order chi connectivity index (χ0) is 39.7. The van der Waals surface area contributed by atoms with Crippen LogP contribution < -0.4 is 0 Å². The van der Waals surface area contributed by atoms with Crippen molar-refractivity contribution < 1.29 is 0 Å². The Morgan fingerprint density at radius 3 is 1.63 bits per heavy atom. The van der Waals surface area contributed by atoms with E-state index >= 15 is 0 Å².